The zero-order valence-corrected chi connectivity index (χ0v) is 47.9. The van der Waals surface area contributed by atoms with E-state index in [9.17, 15) is 58.2 Å². The van der Waals surface area contributed by atoms with Gasteiger partial charge in [-0.2, -0.15) is 0 Å². The van der Waals surface area contributed by atoms with Crippen LogP contribution in [0.2, 0.25) is 0 Å². The molecule has 3 saturated heterocycles. The molecule has 78 heavy (non-hydrogen) atoms. The Hall–Kier alpha value is -6.16. The summed E-state index contributed by atoms with van der Waals surface area (Å²) in [5.41, 5.74) is 0.573. The first-order valence-corrected chi connectivity index (χ1v) is 27.6. The fourth-order valence-electron chi connectivity index (χ4n) is 10.3. The molecule has 436 valence electrons. The third kappa shape index (κ3) is 16.7. The largest absolute Gasteiger partial charge is 0.497 e. The van der Waals surface area contributed by atoms with Crippen LogP contribution in [0.4, 0.5) is 0 Å². The molecule has 3 aliphatic rings. The van der Waals surface area contributed by atoms with E-state index >= 15 is 0 Å². The molecule has 7 amide bonds. The number of rotatable bonds is 15. The average Bonchev–Trinajstić information content (AvgIpc) is 4.10. The molecule has 22 heteroatoms. The monoisotopic (exact) mass is 1100 g/mol. The van der Waals surface area contributed by atoms with Gasteiger partial charge in [0, 0.05) is 33.6 Å². The molecule has 3 heterocycles. The number of ether oxygens (including phenoxy) is 3. The van der Waals surface area contributed by atoms with Crippen molar-refractivity contribution in [1.82, 2.24) is 35.6 Å². The van der Waals surface area contributed by atoms with Gasteiger partial charge in [0.2, 0.25) is 35.4 Å². The second kappa shape index (κ2) is 29.2. The van der Waals surface area contributed by atoms with Crippen LogP contribution in [-0.2, 0) is 63.8 Å². The Kier molecular flexibility index (Phi) is 24.1. The number of fused-ring (bicyclic) bond motifs is 1. The van der Waals surface area contributed by atoms with Gasteiger partial charge in [-0.05, 0) is 93.7 Å². The van der Waals surface area contributed by atoms with E-state index < -0.39 is 150 Å². The quantitative estimate of drug-likeness (QED) is 0.124. The van der Waals surface area contributed by atoms with Crippen LogP contribution in [0.25, 0.3) is 0 Å². The van der Waals surface area contributed by atoms with Gasteiger partial charge >= 0.3 is 11.9 Å². The molecule has 0 unspecified atom stereocenters. The van der Waals surface area contributed by atoms with Gasteiger partial charge in [0.25, 0.3) is 5.91 Å². The summed E-state index contributed by atoms with van der Waals surface area (Å²) < 4.78 is 17.0. The number of likely N-dealkylation sites (tertiary alicyclic amines) is 1. The molecule has 3 aliphatic heterocycles. The van der Waals surface area contributed by atoms with Gasteiger partial charge in [0.1, 0.15) is 54.7 Å². The van der Waals surface area contributed by atoms with Crippen LogP contribution in [-0.4, -0.2) is 190 Å². The molecule has 12 atom stereocenters. The number of aliphatic hydroxyl groups is 2. The smallest absolute Gasteiger partial charge is 0.329 e. The van der Waals surface area contributed by atoms with Crippen molar-refractivity contribution >= 4 is 59.1 Å². The minimum absolute atomic E-state index is 0.0776. The van der Waals surface area contributed by atoms with Crippen LogP contribution in [0.1, 0.15) is 126 Å². The Morgan fingerprint density at radius 3 is 2.10 bits per heavy atom. The van der Waals surface area contributed by atoms with Gasteiger partial charge in [0.15, 0.2) is 11.9 Å². The number of nitrogens with one attached hydrogen (secondary N) is 3. The number of Topliss-reactive ketones (excluding diaryl/α,β-unsaturated/α-hetero) is 1. The number of amides is 7. The molecule has 0 aromatic heterocycles. The van der Waals surface area contributed by atoms with E-state index in [2.05, 4.69) is 16.0 Å². The van der Waals surface area contributed by atoms with E-state index in [1.807, 2.05) is 27.7 Å². The number of likely N-dealkylation sites (N-methyl/N-ethyl adjacent to an activating group) is 2. The molecule has 4 rings (SSSR count). The van der Waals surface area contributed by atoms with Gasteiger partial charge in [0.05, 0.1) is 31.6 Å². The average molecular weight is 1100 g/mol. The first kappa shape index (κ1) is 64.4. The van der Waals surface area contributed by atoms with Gasteiger partial charge in [-0.1, -0.05) is 73.9 Å². The molecule has 0 radical (unpaired) electrons. The Morgan fingerprint density at radius 2 is 1.53 bits per heavy atom. The minimum Gasteiger partial charge on any atom is -0.497 e. The number of hydrogen-bond donors (Lipinski definition) is 5. The van der Waals surface area contributed by atoms with Gasteiger partial charge in [-0.15, -0.1) is 0 Å². The van der Waals surface area contributed by atoms with Crippen molar-refractivity contribution in [2.75, 3.05) is 40.9 Å². The second-order valence-corrected chi connectivity index (χ2v) is 22.5. The number of carbonyl (C=O) groups excluding carboxylic acids is 10. The van der Waals surface area contributed by atoms with E-state index in [1.165, 1.54) is 54.7 Å². The van der Waals surface area contributed by atoms with Crippen LogP contribution < -0.4 is 20.7 Å². The summed E-state index contributed by atoms with van der Waals surface area (Å²) in [6, 6.07) is -2.11. The number of benzene rings is 1. The van der Waals surface area contributed by atoms with Crippen molar-refractivity contribution in [3.05, 3.63) is 29.8 Å². The highest BCUT2D eigenvalue weighted by Crippen LogP contribution is 2.27. The SMILES string of the molecule is CC[C@H](C)[C@H]1NC(=O)[C@@H](NC(=O)[C@@H](CC(C)C)N(C)C(=O)[C@@H]2CCCN2C(=O)[C@H](C)O)COC(=O)[C@H](Cc2ccc(OC)cc2)N(C)C(=O)[C@@H]2CCCN2C(=O)[C@H](CC(C)C)NC(=O)[C@@H](C)C(=O)[C@H](C(C)C)OC(=O)C[C@@H]1O. The number of carbonyl (C=O) groups is 10. The number of aliphatic hydroxyl groups excluding tert-OH is 2. The first-order valence-electron chi connectivity index (χ1n) is 27.6. The molecule has 0 spiro atoms. The predicted molar refractivity (Wildman–Crippen MR) is 286 cm³/mol. The maximum absolute atomic E-state index is 14.8. The van der Waals surface area contributed by atoms with Crippen LogP contribution in [0.15, 0.2) is 24.3 Å². The third-order valence-corrected chi connectivity index (χ3v) is 15.2. The molecule has 0 saturated carbocycles. The summed E-state index contributed by atoms with van der Waals surface area (Å²) in [6.07, 6.45) is -3.40. The van der Waals surface area contributed by atoms with Gasteiger partial charge in [-0.3, -0.25) is 43.2 Å². The van der Waals surface area contributed by atoms with Crippen molar-refractivity contribution in [2.45, 2.75) is 188 Å². The van der Waals surface area contributed by atoms with E-state index in [4.69, 9.17) is 14.2 Å². The lowest BCUT2D eigenvalue weighted by molar-refractivity contribution is -0.162. The van der Waals surface area contributed by atoms with Crippen molar-refractivity contribution < 1.29 is 72.4 Å². The van der Waals surface area contributed by atoms with Crippen molar-refractivity contribution in [1.29, 1.82) is 0 Å². The number of hydrogen-bond acceptors (Lipinski definition) is 15. The van der Waals surface area contributed by atoms with E-state index in [0.717, 1.165) is 0 Å². The van der Waals surface area contributed by atoms with E-state index in [1.54, 1.807) is 52.0 Å². The van der Waals surface area contributed by atoms with E-state index in [0.29, 0.717) is 30.6 Å². The number of ketones is 1. The summed E-state index contributed by atoms with van der Waals surface area (Å²) in [7, 11) is 4.28. The van der Waals surface area contributed by atoms with Crippen molar-refractivity contribution in [3.8, 4) is 5.75 Å². The molecule has 0 bridgehead atoms. The molecule has 5 N–H and O–H groups in total. The van der Waals surface area contributed by atoms with Crippen molar-refractivity contribution in [2.24, 2.45) is 29.6 Å². The Morgan fingerprint density at radius 1 is 0.885 bits per heavy atom. The fraction of sp³-hybridized carbons (Fsp3) is 0.714. The number of nitrogens with zero attached hydrogens (tertiary/aromatic N) is 4. The molecule has 3 fully saturated rings. The summed E-state index contributed by atoms with van der Waals surface area (Å²) in [5, 5.41) is 30.1. The van der Waals surface area contributed by atoms with Crippen LogP contribution in [0, 0.1) is 29.6 Å². The highest BCUT2D eigenvalue weighted by Gasteiger charge is 2.45. The standard InChI is InChI=1S/C56H87N7O15/c1-14-33(8)46-44(65)28-45(66)78-48(32(6)7)47(67)34(9)49(68)57-38(25-30(2)3)53(72)63-24-16-18-41(63)55(74)61(12)43(27-36-19-21-37(76-13)22-20-36)56(75)77-29-39(50(69)59-46)58-51(70)42(26-31(4)5)60(11)54(73)40-17-15-23-62(40)52(71)35(10)64/h19-22,30-35,38-44,46,48,64-65H,14-18,23-29H2,1-13H3,(H,57,68)(H,58,70)(H,59,69)/t33-,34-,35-,38-,39-,40-,41-,42+,43-,44-,46+,48-/m0/s1. The minimum atomic E-state index is -1.73. The zero-order valence-electron chi connectivity index (χ0n) is 47.9. The third-order valence-electron chi connectivity index (χ3n) is 15.2. The lowest BCUT2D eigenvalue weighted by atomic mass is 9.91. The first-order chi connectivity index (χ1) is 36.6. The maximum Gasteiger partial charge on any atom is 0.329 e. The normalized spacial score (nSPS) is 26.9. The van der Waals surface area contributed by atoms with Crippen molar-refractivity contribution in [3.63, 3.8) is 0 Å². The maximum atomic E-state index is 14.8. The second-order valence-electron chi connectivity index (χ2n) is 22.5. The molecule has 0 aliphatic carbocycles. The summed E-state index contributed by atoms with van der Waals surface area (Å²) in [5.74, 6) is -10.2. The zero-order chi connectivity index (χ0) is 58.5. The fourth-order valence-corrected chi connectivity index (χ4v) is 10.3. The Balaban J connectivity index is 1.86. The summed E-state index contributed by atoms with van der Waals surface area (Å²) in [4.78, 5) is 148. The molecule has 1 aromatic rings. The Bertz CT molecular complexity index is 2290. The van der Waals surface area contributed by atoms with Gasteiger partial charge < -0.3 is 60.0 Å². The number of esters is 2. The summed E-state index contributed by atoms with van der Waals surface area (Å²) >= 11 is 0. The topological polar surface area (TPSA) is 288 Å². The molecule has 1 aromatic carbocycles. The summed E-state index contributed by atoms with van der Waals surface area (Å²) in [6.45, 7) is 16.2. The molecule has 22 nitrogen and oxygen atoms in total. The van der Waals surface area contributed by atoms with E-state index in [-0.39, 0.29) is 57.0 Å². The van der Waals surface area contributed by atoms with Crippen LogP contribution >= 0.6 is 0 Å². The lowest BCUT2D eigenvalue weighted by Crippen LogP contribution is -2.60. The Labute approximate surface area is 459 Å². The van der Waals surface area contributed by atoms with Crippen LogP contribution in [0.3, 0.4) is 0 Å². The number of methoxy groups -OCH3 is 1. The molecular formula is C56H87N7O15. The van der Waals surface area contributed by atoms with Gasteiger partial charge in [-0.25, -0.2) is 4.79 Å². The highest BCUT2D eigenvalue weighted by molar-refractivity contribution is 6.05. The lowest BCUT2D eigenvalue weighted by Gasteiger charge is -2.35. The highest BCUT2D eigenvalue weighted by atomic mass is 16.5. The predicted octanol–water partition coefficient (Wildman–Crippen LogP) is 1.93. The van der Waals surface area contributed by atoms with Crippen LogP contribution in [0.5, 0.6) is 5.75 Å². The molecular weight excluding hydrogens is 1010 g/mol. The number of cyclic esters (lactones) is 2.